The minimum atomic E-state index is -1.17. The Morgan fingerprint density at radius 3 is 2.63 bits per heavy atom. The van der Waals surface area contributed by atoms with E-state index in [1.54, 1.807) is 18.5 Å². The van der Waals surface area contributed by atoms with Crippen LogP contribution in [0.2, 0.25) is 5.02 Å². The van der Waals surface area contributed by atoms with Crippen LogP contribution in [0.25, 0.3) is 0 Å². The van der Waals surface area contributed by atoms with Gasteiger partial charge in [-0.3, -0.25) is 29.4 Å². The summed E-state index contributed by atoms with van der Waals surface area (Å²) in [5.74, 6) is -2.52. The third-order valence-corrected chi connectivity index (χ3v) is 11.4. The zero-order chi connectivity index (χ0) is 34.6. The number of nitrogens with two attached hydrogens (primary N) is 2. The Kier molecular flexibility index (Phi) is 8.67. The zero-order valence-corrected chi connectivity index (χ0v) is 27.9. The van der Waals surface area contributed by atoms with E-state index >= 15 is 4.39 Å². The third-order valence-electron chi connectivity index (χ3n) is 9.82. The van der Waals surface area contributed by atoms with Gasteiger partial charge in [0.15, 0.2) is 5.82 Å². The van der Waals surface area contributed by atoms with Crippen LogP contribution in [-0.4, -0.2) is 81.4 Å². The molecule has 49 heavy (non-hydrogen) atoms. The maximum atomic E-state index is 15.9. The molecule has 6 heterocycles. The number of nitrogen functional groups attached to an aromatic ring is 2. The number of hydrogen-bond acceptors (Lipinski definition) is 13. The highest BCUT2D eigenvalue weighted by atomic mass is 35.5. The summed E-state index contributed by atoms with van der Waals surface area (Å²) < 4.78 is 22.0. The first-order valence-electron chi connectivity index (χ1n) is 15.8. The van der Waals surface area contributed by atoms with Crippen molar-refractivity contribution in [2.24, 2.45) is 5.41 Å². The van der Waals surface area contributed by atoms with Crippen molar-refractivity contribution >= 4 is 64.4 Å². The van der Waals surface area contributed by atoms with Gasteiger partial charge < -0.3 is 26.4 Å². The number of benzene rings is 1. The number of amides is 4. The van der Waals surface area contributed by atoms with Crippen molar-refractivity contribution in [1.29, 1.82) is 0 Å². The molecule has 4 amide bonds. The molecule has 6 N–H and O–H groups in total. The molecule has 0 radical (unpaired) electrons. The summed E-state index contributed by atoms with van der Waals surface area (Å²) in [6.07, 6.45) is 4.59. The van der Waals surface area contributed by atoms with Gasteiger partial charge in [-0.15, -0.1) is 0 Å². The zero-order valence-electron chi connectivity index (χ0n) is 26.4. The molecule has 4 aliphatic heterocycles. The van der Waals surface area contributed by atoms with Crippen molar-refractivity contribution in [3.63, 3.8) is 0 Å². The smallest absolute Gasteiger partial charge is 0.265 e. The number of nitrogens with one attached hydrogen (secondary N) is 2. The molecule has 7 rings (SSSR count). The second kappa shape index (κ2) is 12.8. The first-order valence-corrected chi connectivity index (χ1v) is 17.0. The molecule has 0 saturated carbocycles. The average molecular weight is 710 g/mol. The van der Waals surface area contributed by atoms with Crippen LogP contribution in [0, 0.1) is 11.2 Å². The molecule has 17 heteroatoms. The van der Waals surface area contributed by atoms with E-state index in [9.17, 15) is 19.2 Å². The van der Waals surface area contributed by atoms with E-state index in [1.807, 2.05) is 6.92 Å². The van der Waals surface area contributed by atoms with Gasteiger partial charge in [-0.2, -0.15) is 0 Å². The van der Waals surface area contributed by atoms with Crippen LogP contribution in [-0.2, 0) is 20.9 Å². The highest BCUT2D eigenvalue weighted by Crippen LogP contribution is 2.44. The Hall–Kier alpha value is -4.38. The Labute approximate surface area is 289 Å². The van der Waals surface area contributed by atoms with E-state index in [-0.39, 0.29) is 65.3 Å². The second-order valence-electron chi connectivity index (χ2n) is 12.7. The molecule has 3 saturated heterocycles. The molecule has 1 aromatic carbocycles. The van der Waals surface area contributed by atoms with E-state index in [2.05, 4.69) is 30.5 Å². The maximum absolute atomic E-state index is 15.9. The van der Waals surface area contributed by atoms with Gasteiger partial charge >= 0.3 is 0 Å². The number of aromatic nitrogens is 3. The fraction of sp³-hybridized carbons (Fsp3) is 0.406. The molecule has 4 aliphatic rings. The minimum Gasteiger partial charge on any atom is -0.382 e. The average Bonchev–Trinajstić information content (AvgIpc) is 3.51. The van der Waals surface area contributed by atoms with Crippen molar-refractivity contribution in [2.45, 2.75) is 67.3 Å². The van der Waals surface area contributed by atoms with Gasteiger partial charge in [-0.25, -0.2) is 19.3 Å². The maximum Gasteiger partial charge on any atom is 0.265 e. The van der Waals surface area contributed by atoms with E-state index in [1.165, 1.54) is 23.9 Å². The van der Waals surface area contributed by atoms with E-state index in [0.29, 0.717) is 40.5 Å². The lowest BCUT2D eigenvalue weighted by molar-refractivity contribution is -0.136. The van der Waals surface area contributed by atoms with E-state index in [0.717, 1.165) is 17.7 Å². The van der Waals surface area contributed by atoms with Crippen molar-refractivity contribution in [3.05, 3.63) is 58.1 Å². The normalized spacial score (nSPS) is 23.4. The quantitative estimate of drug-likeness (QED) is 0.261. The van der Waals surface area contributed by atoms with E-state index < -0.39 is 35.5 Å². The number of piperidine rings is 2. The number of halogens is 2. The number of nitrogens with zero attached hydrogens (tertiary/aromatic N) is 5. The molecule has 1 unspecified atom stereocenters. The molecule has 0 aliphatic carbocycles. The van der Waals surface area contributed by atoms with Crippen LogP contribution in [0.5, 0.6) is 0 Å². The van der Waals surface area contributed by atoms with Crippen molar-refractivity contribution < 1.29 is 28.3 Å². The summed E-state index contributed by atoms with van der Waals surface area (Å²) >= 11 is 7.54. The number of carbonyl (C=O) groups is 4. The van der Waals surface area contributed by atoms with Crippen molar-refractivity contribution in [3.8, 4) is 0 Å². The lowest BCUT2D eigenvalue weighted by Gasteiger charge is -2.43. The number of ether oxygens (including phenoxy) is 1. The van der Waals surface area contributed by atoms with Crippen LogP contribution < -0.4 is 27.0 Å². The second-order valence-corrected chi connectivity index (χ2v) is 14.1. The molecular formula is C32H33ClFN9O5S. The first-order chi connectivity index (χ1) is 23.5. The Balaban J connectivity index is 1.01. The van der Waals surface area contributed by atoms with Crippen LogP contribution >= 0.6 is 23.4 Å². The largest absolute Gasteiger partial charge is 0.382 e. The number of pyridine rings is 1. The standard InChI is InChI=1S/C32H33ClFN9O5S/c1-15-25(38-12-16-2-3-17-22(24(16)34)31(47)43(30(17)46)18-4-5-21(44)41-28(18)45)32(14-48-15)7-10-42(11-8-32)20-13-39-29(27(36)40-20)49-19-6-9-37-26(35)23(19)33/h2-3,6,9,13,15,18,25,38H,4-5,7-8,10-12,14H2,1H3,(H2,35,37)(H2,36,40)(H,41,44,45)/t15-,18?,25+/m0/s1. The first kappa shape index (κ1) is 33.1. The molecule has 2 aromatic heterocycles. The molecule has 256 valence electrons. The molecule has 3 fully saturated rings. The number of carbonyl (C=O) groups excluding carboxylic acids is 4. The summed E-state index contributed by atoms with van der Waals surface area (Å²) in [5, 5.41) is 6.46. The molecule has 0 bridgehead atoms. The molecular weight excluding hydrogens is 677 g/mol. The van der Waals surface area contributed by atoms with E-state index in [4.69, 9.17) is 27.8 Å². The predicted molar refractivity (Wildman–Crippen MR) is 177 cm³/mol. The highest BCUT2D eigenvalue weighted by Gasteiger charge is 2.50. The fourth-order valence-corrected chi connectivity index (χ4v) is 8.17. The Morgan fingerprint density at radius 1 is 1.12 bits per heavy atom. The summed E-state index contributed by atoms with van der Waals surface area (Å²) in [5.41, 5.74) is 11.6. The van der Waals surface area contributed by atoms with Crippen LogP contribution in [0.1, 0.15) is 58.9 Å². The van der Waals surface area contributed by atoms with Gasteiger partial charge in [-0.05, 0) is 38.3 Å². The van der Waals surface area contributed by atoms with Crippen LogP contribution in [0.4, 0.5) is 21.8 Å². The van der Waals surface area contributed by atoms with Crippen molar-refractivity contribution in [2.75, 3.05) is 36.1 Å². The summed E-state index contributed by atoms with van der Waals surface area (Å²) in [6.45, 7) is 3.93. The summed E-state index contributed by atoms with van der Waals surface area (Å²) in [6, 6.07) is 3.35. The lowest BCUT2D eigenvalue weighted by Crippen LogP contribution is -2.54. The number of rotatable bonds is 7. The molecule has 14 nitrogen and oxygen atoms in total. The predicted octanol–water partition coefficient (Wildman–Crippen LogP) is 2.54. The Bertz CT molecular complexity index is 1890. The van der Waals surface area contributed by atoms with Crippen molar-refractivity contribution in [1.82, 2.24) is 30.5 Å². The monoisotopic (exact) mass is 709 g/mol. The minimum absolute atomic E-state index is 0.00675. The third kappa shape index (κ3) is 5.85. The van der Waals surface area contributed by atoms with Gasteiger partial charge in [0.2, 0.25) is 11.8 Å². The molecule has 1 spiro atoms. The topological polar surface area (TPSA) is 199 Å². The molecule has 3 atom stereocenters. The summed E-state index contributed by atoms with van der Waals surface area (Å²) in [7, 11) is 0. The van der Waals surface area contributed by atoms with Crippen LogP contribution in [0.15, 0.2) is 40.5 Å². The number of hydrogen-bond donors (Lipinski definition) is 4. The van der Waals surface area contributed by atoms with Gasteiger partial charge in [-0.1, -0.05) is 29.4 Å². The fourth-order valence-electron chi connectivity index (χ4n) is 7.16. The van der Waals surface area contributed by atoms with Gasteiger partial charge in [0, 0.05) is 54.2 Å². The van der Waals surface area contributed by atoms with Crippen LogP contribution in [0.3, 0.4) is 0 Å². The van der Waals surface area contributed by atoms with Gasteiger partial charge in [0.05, 0.1) is 35.1 Å². The Morgan fingerprint density at radius 2 is 1.90 bits per heavy atom. The molecule has 3 aromatic rings. The van der Waals surface area contributed by atoms with Gasteiger partial charge in [0.25, 0.3) is 11.8 Å². The number of fused-ring (bicyclic) bond motifs is 1. The summed E-state index contributed by atoms with van der Waals surface area (Å²) in [4.78, 5) is 67.0. The lowest BCUT2D eigenvalue weighted by atomic mass is 9.73. The number of anilines is 3. The SMILES string of the molecule is C[C@@H]1OCC2(CCN(c3cnc(Sc4ccnc(N)c4Cl)c(N)n3)CC2)[C@@H]1NCc1ccc2c(c1F)C(=O)N(C1CCC(=O)NC1=O)C2=O. The number of imide groups is 2. The van der Waals surface area contributed by atoms with Gasteiger partial charge in [0.1, 0.15) is 28.5 Å². The highest BCUT2D eigenvalue weighted by molar-refractivity contribution is 7.99.